The lowest BCUT2D eigenvalue weighted by atomic mass is 9.83. The monoisotopic (exact) mass is 275 g/mol. The fourth-order valence-electron chi connectivity index (χ4n) is 2.90. The molecule has 0 saturated heterocycles. The summed E-state index contributed by atoms with van der Waals surface area (Å²) in [7, 11) is 1.60. The van der Waals surface area contributed by atoms with Crippen LogP contribution in [0.3, 0.4) is 0 Å². The van der Waals surface area contributed by atoms with Crippen LogP contribution >= 0.6 is 0 Å². The highest BCUT2D eigenvalue weighted by Crippen LogP contribution is 2.39. The molecule has 6 nitrogen and oxygen atoms in total. The zero-order chi connectivity index (χ0) is 14.2. The number of fused-ring (bicyclic) bond motifs is 2. The normalized spacial score (nSPS) is 24.9. The number of ether oxygens (including phenoxy) is 2. The number of hydrogen-bond acceptors (Lipinski definition) is 4. The lowest BCUT2D eigenvalue weighted by Crippen LogP contribution is -2.57. The summed E-state index contributed by atoms with van der Waals surface area (Å²) in [4.78, 5) is 17.7. The molecule has 3 rings (SSSR count). The molecular weight excluding hydrogens is 258 g/mol. The molecule has 1 unspecified atom stereocenters. The molecular formula is C14H17N3O3. The topological polar surface area (TPSA) is 77.2 Å². The average molecular weight is 275 g/mol. The summed E-state index contributed by atoms with van der Waals surface area (Å²) in [6.45, 7) is 1.71. The standard InChI is InChI=1S/C14H17N3O3/c1-19-7-6-17-13(18)16-12(15)14(17)9-20-8-10-4-2-3-5-11(10)14/h2-5H,6-9H2,1H3,(H2,15,16,18). The molecule has 1 aromatic carbocycles. The van der Waals surface area contributed by atoms with Crippen LogP contribution in [-0.2, 0) is 21.6 Å². The molecule has 1 atom stereocenters. The summed E-state index contributed by atoms with van der Waals surface area (Å²) in [5.74, 6) is 0.297. The van der Waals surface area contributed by atoms with Gasteiger partial charge in [0.15, 0.2) is 5.54 Å². The third kappa shape index (κ3) is 1.72. The van der Waals surface area contributed by atoms with E-state index < -0.39 is 5.54 Å². The van der Waals surface area contributed by atoms with Crippen molar-refractivity contribution in [2.75, 3.05) is 26.9 Å². The van der Waals surface area contributed by atoms with Gasteiger partial charge in [0.1, 0.15) is 5.84 Å². The van der Waals surface area contributed by atoms with Crippen LogP contribution in [0.4, 0.5) is 4.79 Å². The van der Waals surface area contributed by atoms with E-state index in [2.05, 4.69) is 4.99 Å². The van der Waals surface area contributed by atoms with Gasteiger partial charge < -0.3 is 20.1 Å². The van der Waals surface area contributed by atoms with Gasteiger partial charge in [0, 0.05) is 13.7 Å². The third-order valence-corrected chi connectivity index (χ3v) is 3.88. The van der Waals surface area contributed by atoms with Crippen molar-refractivity contribution in [3.8, 4) is 0 Å². The first-order valence-electron chi connectivity index (χ1n) is 6.51. The van der Waals surface area contributed by atoms with Crippen molar-refractivity contribution >= 4 is 11.9 Å². The van der Waals surface area contributed by atoms with Crippen LogP contribution < -0.4 is 5.73 Å². The summed E-state index contributed by atoms with van der Waals surface area (Å²) in [5, 5.41) is 0. The minimum atomic E-state index is -0.787. The molecule has 0 bridgehead atoms. The van der Waals surface area contributed by atoms with Crippen LogP contribution in [0.5, 0.6) is 0 Å². The van der Waals surface area contributed by atoms with E-state index in [1.165, 1.54) is 0 Å². The lowest BCUT2D eigenvalue weighted by Gasteiger charge is -2.41. The first kappa shape index (κ1) is 13.1. The number of amides is 2. The number of nitrogens with zero attached hydrogens (tertiary/aromatic N) is 2. The molecule has 20 heavy (non-hydrogen) atoms. The highest BCUT2D eigenvalue weighted by atomic mass is 16.5. The second-order valence-corrected chi connectivity index (χ2v) is 4.93. The molecule has 0 aliphatic carbocycles. The SMILES string of the molecule is COCCN1C(=O)N=C(N)C12COCc1ccccc12. The predicted molar refractivity (Wildman–Crippen MR) is 73.4 cm³/mol. The molecule has 2 amide bonds. The Kier molecular flexibility index (Phi) is 3.19. The van der Waals surface area contributed by atoms with Gasteiger partial charge in [0.2, 0.25) is 0 Å². The van der Waals surface area contributed by atoms with Crippen LogP contribution in [0.1, 0.15) is 11.1 Å². The number of carbonyl (C=O) groups is 1. The van der Waals surface area contributed by atoms with E-state index in [9.17, 15) is 4.79 Å². The Labute approximate surface area is 117 Å². The Morgan fingerprint density at radius 3 is 3.10 bits per heavy atom. The maximum absolute atomic E-state index is 12.1. The molecule has 0 fully saturated rings. The molecule has 0 saturated carbocycles. The first-order valence-corrected chi connectivity index (χ1v) is 6.51. The molecule has 2 N–H and O–H groups in total. The molecule has 106 valence electrons. The first-order chi connectivity index (χ1) is 9.70. The van der Waals surface area contributed by atoms with E-state index in [1.54, 1.807) is 12.0 Å². The van der Waals surface area contributed by atoms with Gasteiger partial charge in [-0.15, -0.1) is 0 Å². The molecule has 0 aromatic heterocycles. The van der Waals surface area contributed by atoms with Crippen molar-refractivity contribution in [2.24, 2.45) is 10.7 Å². The van der Waals surface area contributed by atoms with Gasteiger partial charge in [-0.1, -0.05) is 24.3 Å². The minimum absolute atomic E-state index is 0.297. The van der Waals surface area contributed by atoms with Crippen molar-refractivity contribution in [1.82, 2.24) is 4.90 Å². The molecule has 0 radical (unpaired) electrons. The van der Waals surface area contributed by atoms with E-state index in [0.29, 0.717) is 32.2 Å². The molecule has 1 spiro atoms. The number of urea groups is 1. The maximum atomic E-state index is 12.1. The zero-order valence-corrected chi connectivity index (χ0v) is 11.3. The molecule has 2 aliphatic heterocycles. The van der Waals surface area contributed by atoms with Crippen molar-refractivity contribution in [3.05, 3.63) is 35.4 Å². The van der Waals surface area contributed by atoms with Crippen molar-refractivity contribution in [3.63, 3.8) is 0 Å². The molecule has 1 aromatic rings. The Morgan fingerprint density at radius 2 is 2.30 bits per heavy atom. The Morgan fingerprint density at radius 1 is 1.50 bits per heavy atom. The number of amidine groups is 1. The number of carbonyl (C=O) groups excluding carboxylic acids is 1. The van der Waals surface area contributed by atoms with Crippen LogP contribution in [0.2, 0.25) is 0 Å². The fraction of sp³-hybridized carbons (Fsp3) is 0.429. The number of methoxy groups -OCH3 is 1. The van der Waals surface area contributed by atoms with Crippen LogP contribution in [0.25, 0.3) is 0 Å². The van der Waals surface area contributed by atoms with Crippen molar-refractivity contribution < 1.29 is 14.3 Å². The summed E-state index contributed by atoms with van der Waals surface area (Å²) >= 11 is 0. The highest BCUT2D eigenvalue weighted by Gasteiger charge is 2.52. The van der Waals surface area contributed by atoms with E-state index in [-0.39, 0.29) is 6.03 Å². The Bertz CT molecular complexity index is 573. The summed E-state index contributed by atoms with van der Waals surface area (Å²) in [5.41, 5.74) is 7.32. The van der Waals surface area contributed by atoms with E-state index in [0.717, 1.165) is 11.1 Å². The minimum Gasteiger partial charge on any atom is -0.385 e. The quantitative estimate of drug-likeness (QED) is 0.887. The Hall–Kier alpha value is -1.92. The number of hydrogen-bond donors (Lipinski definition) is 1. The predicted octanol–water partition coefficient (Wildman–Crippen LogP) is 0.851. The zero-order valence-electron chi connectivity index (χ0n) is 11.3. The van der Waals surface area contributed by atoms with Gasteiger partial charge in [-0.3, -0.25) is 0 Å². The lowest BCUT2D eigenvalue weighted by molar-refractivity contribution is 0.0167. The van der Waals surface area contributed by atoms with Gasteiger partial charge >= 0.3 is 6.03 Å². The van der Waals surface area contributed by atoms with E-state index in [4.69, 9.17) is 15.2 Å². The highest BCUT2D eigenvalue weighted by molar-refractivity contribution is 6.06. The number of nitrogens with two attached hydrogens (primary N) is 1. The van der Waals surface area contributed by atoms with Crippen molar-refractivity contribution in [1.29, 1.82) is 0 Å². The Balaban J connectivity index is 2.09. The van der Waals surface area contributed by atoms with Gasteiger partial charge in [-0.2, -0.15) is 4.99 Å². The third-order valence-electron chi connectivity index (χ3n) is 3.88. The summed E-state index contributed by atoms with van der Waals surface area (Å²) in [6, 6.07) is 7.53. The van der Waals surface area contributed by atoms with Gasteiger partial charge in [0.05, 0.1) is 19.8 Å². The average Bonchev–Trinajstić information content (AvgIpc) is 2.69. The molecule has 2 heterocycles. The molecule has 2 aliphatic rings. The second kappa shape index (κ2) is 4.88. The number of aliphatic imine (C=N–C) groups is 1. The van der Waals surface area contributed by atoms with E-state index in [1.807, 2.05) is 24.3 Å². The summed E-state index contributed by atoms with van der Waals surface area (Å²) < 4.78 is 10.7. The van der Waals surface area contributed by atoms with Crippen molar-refractivity contribution in [2.45, 2.75) is 12.1 Å². The fourth-order valence-corrected chi connectivity index (χ4v) is 2.90. The smallest absolute Gasteiger partial charge is 0.346 e. The van der Waals surface area contributed by atoms with Gasteiger partial charge in [0.25, 0.3) is 0 Å². The van der Waals surface area contributed by atoms with Crippen LogP contribution in [0.15, 0.2) is 29.3 Å². The largest absolute Gasteiger partial charge is 0.385 e. The summed E-state index contributed by atoms with van der Waals surface area (Å²) in [6.07, 6.45) is 0. The van der Waals surface area contributed by atoms with Gasteiger partial charge in [-0.05, 0) is 11.1 Å². The number of rotatable bonds is 3. The van der Waals surface area contributed by atoms with Crippen LogP contribution in [0, 0.1) is 0 Å². The van der Waals surface area contributed by atoms with E-state index >= 15 is 0 Å². The number of benzene rings is 1. The van der Waals surface area contributed by atoms with Gasteiger partial charge in [-0.25, -0.2) is 4.79 Å². The van der Waals surface area contributed by atoms with Crippen LogP contribution in [-0.4, -0.2) is 43.6 Å². The maximum Gasteiger partial charge on any atom is 0.346 e. The second-order valence-electron chi connectivity index (χ2n) is 4.93. The molecule has 6 heteroatoms.